The van der Waals surface area contributed by atoms with Crippen molar-refractivity contribution < 1.29 is 58.0 Å². The molecule has 0 aromatic rings. The number of carbonyl (C=O) groups excluding carboxylic acids is 2. The molecule has 0 aromatic carbocycles. The summed E-state index contributed by atoms with van der Waals surface area (Å²) in [5, 5.41) is 39.0. The molecular formula is C43H79O12P. The van der Waals surface area contributed by atoms with Crippen molar-refractivity contribution in [3.8, 4) is 0 Å². The highest BCUT2D eigenvalue weighted by atomic mass is 31.2. The molecule has 0 aromatic heterocycles. The molecule has 0 bridgehead atoms. The van der Waals surface area contributed by atoms with E-state index in [9.17, 15) is 34.4 Å². The van der Waals surface area contributed by atoms with Gasteiger partial charge in [0.25, 0.3) is 0 Å². The number of rotatable bonds is 39. The summed E-state index contributed by atoms with van der Waals surface area (Å²) in [5.74, 6) is -0.389. The molecular weight excluding hydrogens is 739 g/mol. The third-order valence-corrected chi connectivity index (χ3v) is 10.5. The summed E-state index contributed by atoms with van der Waals surface area (Å²) in [7, 11) is -4.68. The van der Waals surface area contributed by atoms with Crippen LogP contribution in [0.5, 0.6) is 0 Å². The minimum absolute atomic E-state index is 0.0716. The third kappa shape index (κ3) is 35.3. The summed E-state index contributed by atoms with van der Waals surface area (Å²) in [6.45, 7) is 4.34. The van der Waals surface area contributed by atoms with E-state index in [4.69, 9.17) is 19.1 Å². The Morgan fingerprint density at radius 3 is 1.84 bits per heavy atom. The Labute approximate surface area is 338 Å². The lowest BCUT2D eigenvalue weighted by Crippen LogP contribution is -2.30. The van der Waals surface area contributed by atoms with Gasteiger partial charge in [-0.25, -0.2) is 4.57 Å². The second-order valence-electron chi connectivity index (χ2n) is 14.9. The van der Waals surface area contributed by atoms with Crippen LogP contribution in [0.15, 0.2) is 36.5 Å². The Bertz CT molecular complexity index is 1080. The highest BCUT2D eigenvalue weighted by Crippen LogP contribution is 2.43. The first-order valence-electron chi connectivity index (χ1n) is 21.5. The summed E-state index contributed by atoms with van der Waals surface area (Å²) in [5.41, 5.74) is 0. The lowest BCUT2D eigenvalue weighted by molar-refractivity contribution is -0.161. The molecule has 0 radical (unpaired) electrons. The van der Waals surface area contributed by atoms with Crippen molar-refractivity contribution in [1.82, 2.24) is 0 Å². The Hall–Kier alpha value is -1.89. The fourth-order valence-electron chi connectivity index (χ4n) is 5.66. The first kappa shape index (κ1) is 54.1. The van der Waals surface area contributed by atoms with Crippen LogP contribution in [0.25, 0.3) is 0 Å². The number of phosphoric acid groups is 1. The molecule has 0 aliphatic carbocycles. The molecule has 0 fully saturated rings. The number of allylic oxidation sites excluding steroid dienone is 5. The van der Waals surface area contributed by atoms with Crippen LogP contribution in [-0.4, -0.2) is 88.1 Å². The first-order chi connectivity index (χ1) is 26.9. The van der Waals surface area contributed by atoms with Crippen molar-refractivity contribution in [3.63, 3.8) is 0 Å². The Morgan fingerprint density at radius 2 is 1.21 bits per heavy atom. The van der Waals surface area contributed by atoms with E-state index in [1.54, 1.807) is 0 Å². The molecule has 0 rings (SSSR count). The molecule has 4 unspecified atom stereocenters. The quantitative estimate of drug-likeness (QED) is 0.0172. The van der Waals surface area contributed by atoms with Gasteiger partial charge >= 0.3 is 19.8 Å². The maximum Gasteiger partial charge on any atom is 0.472 e. The molecule has 0 heterocycles. The van der Waals surface area contributed by atoms with Crippen molar-refractivity contribution in [2.24, 2.45) is 5.92 Å². The monoisotopic (exact) mass is 819 g/mol. The van der Waals surface area contributed by atoms with Gasteiger partial charge in [0, 0.05) is 12.8 Å². The fourth-order valence-corrected chi connectivity index (χ4v) is 6.45. The van der Waals surface area contributed by atoms with Gasteiger partial charge in [0.1, 0.15) is 12.7 Å². The molecule has 0 saturated heterocycles. The van der Waals surface area contributed by atoms with Crippen LogP contribution in [0.1, 0.15) is 168 Å². The summed E-state index contributed by atoms with van der Waals surface area (Å²) in [4.78, 5) is 35.0. The number of aliphatic hydroxyl groups is 4. The highest BCUT2D eigenvalue weighted by molar-refractivity contribution is 7.47. The minimum Gasteiger partial charge on any atom is -0.462 e. The fraction of sp³-hybridized carbons (Fsp3) is 0.814. The van der Waals surface area contributed by atoms with E-state index in [0.717, 1.165) is 44.4 Å². The number of esters is 2. The van der Waals surface area contributed by atoms with Crippen molar-refractivity contribution in [1.29, 1.82) is 0 Å². The van der Waals surface area contributed by atoms with Crippen LogP contribution in [0.4, 0.5) is 0 Å². The summed E-state index contributed by atoms with van der Waals surface area (Å²) in [6.07, 6.45) is 28.6. The zero-order valence-electron chi connectivity index (χ0n) is 35.0. The van der Waals surface area contributed by atoms with E-state index in [0.29, 0.717) is 6.42 Å². The predicted molar refractivity (Wildman–Crippen MR) is 222 cm³/mol. The van der Waals surface area contributed by atoms with Crippen molar-refractivity contribution >= 4 is 19.8 Å². The summed E-state index contributed by atoms with van der Waals surface area (Å²) < 4.78 is 32.5. The second kappa shape index (κ2) is 37.4. The molecule has 0 saturated carbocycles. The van der Waals surface area contributed by atoms with Gasteiger partial charge in [0.05, 0.1) is 32.0 Å². The maximum atomic E-state index is 12.6. The molecule has 5 N–H and O–H groups in total. The van der Waals surface area contributed by atoms with E-state index in [1.165, 1.54) is 70.6 Å². The number of unbranched alkanes of at least 4 members (excludes halogenated alkanes) is 12. The van der Waals surface area contributed by atoms with E-state index in [1.807, 2.05) is 12.2 Å². The molecule has 328 valence electrons. The second-order valence-corrected chi connectivity index (χ2v) is 16.4. The molecule has 0 amide bonds. The van der Waals surface area contributed by atoms with Crippen LogP contribution in [0, 0.1) is 5.92 Å². The molecule has 12 nitrogen and oxygen atoms in total. The van der Waals surface area contributed by atoms with Crippen molar-refractivity contribution in [2.75, 3.05) is 26.4 Å². The van der Waals surface area contributed by atoms with Gasteiger partial charge in [-0.1, -0.05) is 141 Å². The number of phosphoric ester groups is 1. The topological polar surface area (TPSA) is 189 Å². The van der Waals surface area contributed by atoms with Crippen LogP contribution in [0.3, 0.4) is 0 Å². The standard InChI is InChI=1S/C43H79O12P/c1-4-6-7-8-9-10-11-12-16-19-22-25-29-40(46)41(47)30-27-32-42(48)52-35-39(36-54-56(50,51)53-34-38(45)33-44)55-43(49)31-26-23-20-17-14-13-15-18-21-24-28-37(3)5-2/h9-10,12,16,22,25,37-41,44-47H,4-8,11,13-15,17-21,23-24,26-36H2,1-3H3,(H,50,51)/b10-9-,16-12-,25-22-/t37?,38-,39+,40?,41?/m0/s1. The van der Waals surface area contributed by atoms with E-state index in [2.05, 4.69) is 49.6 Å². The summed E-state index contributed by atoms with van der Waals surface area (Å²) >= 11 is 0. The average Bonchev–Trinajstić information content (AvgIpc) is 3.18. The van der Waals surface area contributed by atoms with Gasteiger partial charge in [-0.3, -0.25) is 18.6 Å². The first-order valence-corrected chi connectivity index (χ1v) is 23.0. The lowest BCUT2D eigenvalue weighted by Gasteiger charge is -2.20. The lowest BCUT2D eigenvalue weighted by atomic mass is 9.99. The van der Waals surface area contributed by atoms with Crippen LogP contribution in [-0.2, 0) is 32.7 Å². The average molecular weight is 819 g/mol. The van der Waals surface area contributed by atoms with Gasteiger partial charge in [-0.05, 0) is 57.3 Å². The number of hydrogen-bond donors (Lipinski definition) is 5. The number of aliphatic hydroxyl groups excluding tert-OH is 4. The normalized spacial score (nSPS) is 15.9. The van der Waals surface area contributed by atoms with E-state index < -0.39 is 70.6 Å². The van der Waals surface area contributed by atoms with E-state index >= 15 is 0 Å². The maximum absolute atomic E-state index is 12.6. The van der Waals surface area contributed by atoms with Crippen LogP contribution >= 0.6 is 7.82 Å². The van der Waals surface area contributed by atoms with Crippen LogP contribution in [0.2, 0.25) is 0 Å². The zero-order chi connectivity index (χ0) is 41.7. The van der Waals surface area contributed by atoms with Crippen molar-refractivity contribution in [2.45, 2.75) is 193 Å². The number of hydrogen-bond acceptors (Lipinski definition) is 11. The molecule has 0 spiro atoms. The Kier molecular flexibility index (Phi) is 36.1. The van der Waals surface area contributed by atoms with Gasteiger partial charge < -0.3 is 34.8 Å². The zero-order valence-corrected chi connectivity index (χ0v) is 35.9. The Balaban J connectivity index is 4.55. The van der Waals surface area contributed by atoms with Gasteiger partial charge in [0.15, 0.2) is 6.10 Å². The third-order valence-electron chi connectivity index (χ3n) is 9.54. The number of ether oxygens (including phenoxy) is 2. The minimum atomic E-state index is -4.68. The van der Waals surface area contributed by atoms with Crippen LogP contribution < -0.4 is 0 Å². The van der Waals surface area contributed by atoms with Gasteiger partial charge in [-0.2, -0.15) is 0 Å². The SMILES string of the molecule is CCCCC/C=C\C/C=C\C/C=C\CC(O)C(O)CCCC(=O)OC[C@H](COP(=O)(O)OC[C@@H](O)CO)OC(=O)CCCCCCCCCCCCC(C)CC. The van der Waals surface area contributed by atoms with Crippen molar-refractivity contribution in [3.05, 3.63) is 36.5 Å². The highest BCUT2D eigenvalue weighted by Gasteiger charge is 2.27. The van der Waals surface area contributed by atoms with Gasteiger partial charge in [0.2, 0.25) is 0 Å². The largest absolute Gasteiger partial charge is 0.472 e. The molecule has 0 aliphatic rings. The van der Waals surface area contributed by atoms with Gasteiger partial charge in [-0.15, -0.1) is 0 Å². The molecule has 6 atom stereocenters. The summed E-state index contributed by atoms with van der Waals surface area (Å²) in [6, 6.07) is 0. The smallest absolute Gasteiger partial charge is 0.462 e. The molecule has 0 aliphatic heterocycles. The van der Waals surface area contributed by atoms with E-state index in [-0.39, 0.29) is 32.1 Å². The molecule has 56 heavy (non-hydrogen) atoms. The molecule has 13 heteroatoms. The number of carbonyl (C=O) groups is 2. The Morgan fingerprint density at radius 1 is 0.643 bits per heavy atom. The predicted octanol–water partition coefficient (Wildman–Crippen LogP) is 8.97.